The Kier molecular flexibility index (Phi) is 5.78. The number of nitrogens with two attached hydrogens (primary N) is 1. The molecular weight excluding hydrogens is 352 g/mol. The smallest absolute Gasteiger partial charge is 0.0871 e. The first kappa shape index (κ1) is 16.9. The fourth-order valence-electron chi connectivity index (χ4n) is 2.12. The average molecular weight is 365 g/mol. The van der Waals surface area contributed by atoms with Crippen molar-refractivity contribution < 1.29 is 5.11 Å². The molecule has 0 aromatic heterocycles. The van der Waals surface area contributed by atoms with Crippen LogP contribution in [0, 0.1) is 0 Å². The van der Waals surface area contributed by atoms with E-state index in [2.05, 4.69) is 0 Å². The molecule has 0 bridgehead atoms. The molecule has 112 valence electrons. The van der Waals surface area contributed by atoms with Gasteiger partial charge in [0.2, 0.25) is 0 Å². The highest BCUT2D eigenvalue weighted by molar-refractivity contribution is 6.42. The first-order valence-electron chi connectivity index (χ1n) is 6.22. The maximum absolute atomic E-state index is 10.6. The Bertz CT molecular complexity index is 648. The van der Waals surface area contributed by atoms with Gasteiger partial charge in [0, 0.05) is 12.5 Å². The SMILES string of the molecule is NCC(c1ccc(Cl)c(Cl)c1)C(O)c1ccc(Cl)c(Cl)c1. The zero-order chi connectivity index (χ0) is 15.6. The largest absolute Gasteiger partial charge is 0.388 e. The van der Waals surface area contributed by atoms with E-state index in [0.717, 1.165) is 5.56 Å². The summed E-state index contributed by atoms with van der Waals surface area (Å²) in [6, 6.07) is 10.2. The Morgan fingerprint density at radius 1 is 0.810 bits per heavy atom. The summed E-state index contributed by atoms with van der Waals surface area (Å²) in [7, 11) is 0. The van der Waals surface area contributed by atoms with Crippen LogP contribution in [0.2, 0.25) is 20.1 Å². The van der Waals surface area contributed by atoms with Gasteiger partial charge in [-0.2, -0.15) is 0 Å². The van der Waals surface area contributed by atoms with Crippen molar-refractivity contribution in [2.45, 2.75) is 12.0 Å². The van der Waals surface area contributed by atoms with Gasteiger partial charge in [-0.05, 0) is 35.4 Å². The Labute approximate surface area is 143 Å². The van der Waals surface area contributed by atoms with Crippen molar-refractivity contribution in [1.82, 2.24) is 0 Å². The van der Waals surface area contributed by atoms with Crippen molar-refractivity contribution in [3.05, 3.63) is 67.6 Å². The molecule has 0 heterocycles. The molecule has 3 N–H and O–H groups in total. The maximum Gasteiger partial charge on any atom is 0.0871 e. The molecule has 0 amide bonds. The molecule has 21 heavy (non-hydrogen) atoms. The highest BCUT2D eigenvalue weighted by atomic mass is 35.5. The predicted octanol–water partition coefficient (Wildman–Crippen LogP) is 5.08. The zero-order valence-electron chi connectivity index (χ0n) is 10.9. The van der Waals surface area contributed by atoms with E-state index in [1.54, 1.807) is 36.4 Å². The van der Waals surface area contributed by atoms with Crippen molar-refractivity contribution in [3.8, 4) is 0 Å². The lowest BCUT2D eigenvalue weighted by Crippen LogP contribution is -2.20. The van der Waals surface area contributed by atoms with Crippen molar-refractivity contribution in [2.75, 3.05) is 6.54 Å². The standard InChI is InChI=1S/C15H13Cl4NO/c16-11-3-1-8(5-13(11)18)10(7-20)15(21)9-2-4-12(17)14(19)6-9/h1-6,10,15,21H,7,20H2. The molecular formula is C15H13Cl4NO. The first-order valence-corrected chi connectivity index (χ1v) is 7.73. The quantitative estimate of drug-likeness (QED) is 0.794. The van der Waals surface area contributed by atoms with Crippen LogP contribution in [-0.4, -0.2) is 11.7 Å². The third-order valence-electron chi connectivity index (χ3n) is 3.29. The monoisotopic (exact) mass is 363 g/mol. The van der Waals surface area contributed by atoms with Crippen LogP contribution in [0.5, 0.6) is 0 Å². The molecule has 0 aliphatic rings. The van der Waals surface area contributed by atoms with Gasteiger partial charge >= 0.3 is 0 Å². The molecule has 2 aromatic carbocycles. The lowest BCUT2D eigenvalue weighted by atomic mass is 9.89. The Morgan fingerprint density at radius 2 is 1.29 bits per heavy atom. The molecule has 0 radical (unpaired) electrons. The summed E-state index contributed by atoms with van der Waals surface area (Å²) in [6.07, 6.45) is -0.818. The van der Waals surface area contributed by atoms with Crippen LogP contribution in [-0.2, 0) is 0 Å². The summed E-state index contributed by atoms with van der Waals surface area (Å²) in [5, 5.41) is 12.3. The highest BCUT2D eigenvalue weighted by Crippen LogP contribution is 2.35. The third kappa shape index (κ3) is 3.84. The minimum Gasteiger partial charge on any atom is -0.388 e. The van der Waals surface area contributed by atoms with Crippen LogP contribution in [0.1, 0.15) is 23.1 Å². The van der Waals surface area contributed by atoms with Crippen molar-refractivity contribution in [2.24, 2.45) is 5.73 Å². The second-order valence-corrected chi connectivity index (χ2v) is 6.26. The van der Waals surface area contributed by atoms with Crippen molar-refractivity contribution >= 4 is 46.4 Å². The first-order chi connectivity index (χ1) is 9.93. The van der Waals surface area contributed by atoms with Gasteiger partial charge in [-0.15, -0.1) is 0 Å². The second-order valence-electron chi connectivity index (χ2n) is 4.63. The van der Waals surface area contributed by atoms with Crippen molar-refractivity contribution in [1.29, 1.82) is 0 Å². The summed E-state index contributed by atoms with van der Waals surface area (Å²) >= 11 is 23.8. The van der Waals surface area contributed by atoms with Crippen LogP contribution in [0.3, 0.4) is 0 Å². The summed E-state index contributed by atoms with van der Waals surface area (Å²) in [4.78, 5) is 0. The molecule has 0 aliphatic carbocycles. The fraction of sp³-hybridized carbons (Fsp3) is 0.200. The van der Waals surface area contributed by atoms with Crippen LogP contribution >= 0.6 is 46.4 Å². The van der Waals surface area contributed by atoms with Gasteiger partial charge in [0.15, 0.2) is 0 Å². The lowest BCUT2D eigenvalue weighted by molar-refractivity contribution is 0.147. The minimum atomic E-state index is -0.818. The van der Waals surface area contributed by atoms with Crippen LogP contribution in [0.4, 0.5) is 0 Å². The van der Waals surface area contributed by atoms with Gasteiger partial charge in [-0.1, -0.05) is 58.5 Å². The summed E-state index contributed by atoms with van der Waals surface area (Å²) in [5.41, 5.74) is 7.26. The second kappa shape index (κ2) is 7.19. The molecule has 2 unspecified atom stereocenters. The number of aliphatic hydroxyl groups excluding tert-OH is 1. The molecule has 6 heteroatoms. The van der Waals surface area contributed by atoms with Crippen LogP contribution in [0.25, 0.3) is 0 Å². The molecule has 0 fully saturated rings. The lowest BCUT2D eigenvalue weighted by Gasteiger charge is -2.23. The summed E-state index contributed by atoms with van der Waals surface area (Å²) < 4.78 is 0. The van der Waals surface area contributed by atoms with Crippen LogP contribution in [0.15, 0.2) is 36.4 Å². The van der Waals surface area contributed by atoms with Gasteiger partial charge in [0.25, 0.3) is 0 Å². The predicted molar refractivity (Wildman–Crippen MR) is 89.7 cm³/mol. The third-order valence-corrected chi connectivity index (χ3v) is 4.77. The number of hydrogen-bond donors (Lipinski definition) is 2. The van der Waals surface area contributed by atoms with Gasteiger partial charge in [0.1, 0.15) is 0 Å². The van der Waals surface area contributed by atoms with Crippen molar-refractivity contribution in [3.63, 3.8) is 0 Å². The Morgan fingerprint density at radius 3 is 1.76 bits per heavy atom. The van der Waals surface area contributed by atoms with E-state index in [1.807, 2.05) is 0 Å². The minimum absolute atomic E-state index is 0.249. The van der Waals surface area contributed by atoms with Crippen LogP contribution < -0.4 is 5.73 Å². The van der Waals surface area contributed by atoms with Gasteiger partial charge in [0.05, 0.1) is 26.2 Å². The van der Waals surface area contributed by atoms with Gasteiger partial charge in [-0.3, -0.25) is 0 Å². The number of halogens is 4. The van der Waals surface area contributed by atoms with E-state index in [9.17, 15) is 5.11 Å². The number of benzene rings is 2. The maximum atomic E-state index is 10.6. The van der Waals surface area contributed by atoms with E-state index in [1.165, 1.54) is 0 Å². The molecule has 2 nitrogen and oxygen atoms in total. The van der Waals surface area contributed by atoms with Gasteiger partial charge in [-0.25, -0.2) is 0 Å². The van der Waals surface area contributed by atoms with E-state index in [4.69, 9.17) is 52.1 Å². The average Bonchev–Trinajstić information content (AvgIpc) is 2.46. The molecule has 2 rings (SSSR count). The molecule has 0 aliphatic heterocycles. The number of aliphatic hydroxyl groups is 1. The van der Waals surface area contributed by atoms with E-state index in [0.29, 0.717) is 25.7 Å². The Hall–Kier alpha value is -0.480. The van der Waals surface area contributed by atoms with E-state index >= 15 is 0 Å². The molecule has 0 saturated heterocycles. The molecule has 2 atom stereocenters. The topological polar surface area (TPSA) is 46.2 Å². The van der Waals surface area contributed by atoms with Gasteiger partial charge < -0.3 is 10.8 Å². The molecule has 0 saturated carbocycles. The Balaban J connectivity index is 2.35. The summed E-state index contributed by atoms with van der Waals surface area (Å²) in [6.45, 7) is 0.249. The van der Waals surface area contributed by atoms with E-state index in [-0.39, 0.29) is 12.5 Å². The molecule has 2 aromatic rings. The molecule has 0 spiro atoms. The van der Waals surface area contributed by atoms with E-state index < -0.39 is 6.10 Å². The zero-order valence-corrected chi connectivity index (χ0v) is 13.9. The highest BCUT2D eigenvalue weighted by Gasteiger charge is 2.22. The fourth-order valence-corrected chi connectivity index (χ4v) is 2.73. The summed E-state index contributed by atoms with van der Waals surface area (Å²) in [5.74, 6) is -0.322. The number of rotatable bonds is 4. The number of hydrogen-bond acceptors (Lipinski definition) is 2. The normalized spacial score (nSPS) is 14.0.